The molecular formula is C22H27F4I2N5O2. The van der Waals surface area contributed by atoms with Gasteiger partial charge in [0.15, 0.2) is 0 Å². The van der Waals surface area contributed by atoms with Crippen molar-refractivity contribution in [3.8, 4) is 0 Å². The Morgan fingerprint density at radius 2 is 1.83 bits per heavy atom. The molecule has 1 saturated heterocycles. The second kappa shape index (κ2) is 9.58. The summed E-state index contributed by atoms with van der Waals surface area (Å²) in [5.41, 5.74) is -2.71. The molecule has 1 aromatic carbocycles. The molecule has 1 aliphatic heterocycles. The van der Waals surface area contributed by atoms with Crippen LogP contribution in [0.4, 0.5) is 17.6 Å². The number of halogens is 6. The van der Waals surface area contributed by atoms with Gasteiger partial charge in [-0.25, -0.2) is 9.37 Å². The number of nitrogens with one attached hydrogen (secondary N) is 2. The van der Waals surface area contributed by atoms with E-state index in [9.17, 15) is 22.8 Å². The van der Waals surface area contributed by atoms with E-state index in [1.54, 1.807) is 34.6 Å². The second-order valence-corrected chi connectivity index (χ2v) is 15.1. The Balaban J connectivity index is 2.21. The molecule has 0 atom stereocenters. The van der Waals surface area contributed by atoms with E-state index >= 15 is 4.39 Å². The molecule has 35 heavy (non-hydrogen) atoms. The Hall–Kier alpha value is -1.23. The van der Waals surface area contributed by atoms with Crippen LogP contribution in [0, 0.1) is 0 Å². The minimum atomic E-state index is -4.73. The molecule has 0 radical (unpaired) electrons. The zero-order chi connectivity index (χ0) is 26.6. The number of benzene rings is 1. The highest BCUT2D eigenvalue weighted by molar-refractivity contribution is 14.2. The second-order valence-electron chi connectivity index (χ2n) is 10.1. The topological polar surface area (TPSA) is 79.3 Å². The first-order valence-corrected chi connectivity index (χ1v) is 13.0. The van der Waals surface area contributed by atoms with Crippen molar-refractivity contribution < 1.29 is 27.2 Å². The third-order valence-corrected chi connectivity index (χ3v) is 6.65. The number of fused-ring (bicyclic) bond motifs is 1. The monoisotopic (exact) mass is 723 g/mol. The molecule has 1 aliphatic rings. The molecule has 13 heteroatoms. The molecule has 2 aromatic rings. The first kappa shape index (κ1) is 28.3. The number of hydrogen-bond acceptors (Lipinski definition) is 4. The first-order valence-electron chi connectivity index (χ1n) is 10.8. The summed E-state index contributed by atoms with van der Waals surface area (Å²) in [7, 11) is 0. The minimum Gasteiger partial charge on any atom is -0.350 e. The number of alkyl halides is 6. The van der Waals surface area contributed by atoms with E-state index in [0.29, 0.717) is 13.1 Å². The van der Waals surface area contributed by atoms with Crippen LogP contribution in [-0.4, -0.2) is 50.4 Å². The van der Waals surface area contributed by atoms with Crippen molar-refractivity contribution >= 4 is 68.0 Å². The van der Waals surface area contributed by atoms with Crippen molar-refractivity contribution in [3.63, 3.8) is 0 Å². The number of imidazole rings is 1. The summed E-state index contributed by atoms with van der Waals surface area (Å²) in [5.74, 6) is -0.451. The molecule has 0 saturated carbocycles. The van der Waals surface area contributed by atoms with Crippen LogP contribution in [0.25, 0.3) is 11.0 Å². The van der Waals surface area contributed by atoms with Crippen LogP contribution < -0.4 is 10.6 Å². The average Bonchev–Trinajstić information content (AvgIpc) is 2.98. The molecular weight excluding hydrogens is 696 g/mol. The summed E-state index contributed by atoms with van der Waals surface area (Å²) in [6, 6.07) is 1.62. The smallest absolute Gasteiger partial charge is 0.350 e. The number of amides is 2. The highest BCUT2D eigenvalue weighted by Crippen LogP contribution is 2.46. The van der Waals surface area contributed by atoms with Gasteiger partial charge in [-0.1, -0.05) is 0 Å². The molecule has 2 N–H and O–H groups in total. The molecule has 0 unspecified atom stereocenters. The van der Waals surface area contributed by atoms with Crippen LogP contribution in [0.5, 0.6) is 0 Å². The fourth-order valence-corrected chi connectivity index (χ4v) is 4.77. The fourth-order valence-electron chi connectivity index (χ4n) is 3.95. The number of rotatable bonds is 5. The van der Waals surface area contributed by atoms with Crippen molar-refractivity contribution in [1.82, 2.24) is 25.1 Å². The summed E-state index contributed by atoms with van der Waals surface area (Å²) in [5, 5.41) is 5.90. The van der Waals surface area contributed by atoms with Crippen LogP contribution >= 0.6 is 45.2 Å². The van der Waals surface area contributed by atoms with Gasteiger partial charge in [0.25, 0.3) is 0 Å². The molecule has 2 amide bonds. The zero-order valence-electron chi connectivity index (χ0n) is 19.9. The summed E-state index contributed by atoms with van der Waals surface area (Å²) in [4.78, 5) is 31.7. The van der Waals surface area contributed by atoms with Crippen LogP contribution in [0.1, 0.15) is 51.6 Å². The molecule has 3 rings (SSSR count). The van der Waals surface area contributed by atoms with E-state index in [4.69, 9.17) is 0 Å². The van der Waals surface area contributed by atoms with E-state index in [0.717, 1.165) is 12.1 Å². The average molecular weight is 723 g/mol. The van der Waals surface area contributed by atoms with Gasteiger partial charge >= 0.3 is 6.18 Å². The fraction of sp³-hybridized carbons (Fsp3) is 0.591. The molecule has 2 heterocycles. The highest BCUT2D eigenvalue weighted by atomic mass is 127. The largest absolute Gasteiger partial charge is 0.416 e. The third-order valence-electron chi connectivity index (χ3n) is 5.48. The van der Waals surface area contributed by atoms with Crippen LogP contribution in [-0.2, 0) is 30.5 Å². The van der Waals surface area contributed by atoms with Gasteiger partial charge < -0.3 is 20.1 Å². The first-order chi connectivity index (χ1) is 15.8. The molecule has 0 spiro atoms. The number of carbonyl (C=O) groups excluding carboxylic acids is 2. The normalized spacial score (nSPS) is 17.2. The highest BCUT2D eigenvalue weighted by Gasteiger charge is 2.39. The maximum atomic E-state index is 15.1. The molecule has 194 valence electrons. The van der Waals surface area contributed by atoms with Crippen molar-refractivity contribution in [2.75, 3.05) is 13.1 Å². The summed E-state index contributed by atoms with van der Waals surface area (Å²) >= 11 is 2.83. The minimum absolute atomic E-state index is 0.0182. The standard InChI is InChI=1S/C22H27F4I2N5O2/c1-19(2,3)31-16(34)11-33-14-9-12(21(23,24)25)8-13(22(26,27)28)17(14)30-15(33)10-32-7-6-29-20(4,5)18(32)35/h8-9,29H,6-7,10-11H2,1-5H3,(H,31,34). The van der Waals surface area contributed by atoms with Gasteiger partial charge in [0.1, 0.15) is 12.4 Å². The van der Waals surface area contributed by atoms with E-state index in [1.807, 2.05) is 0 Å². The maximum absolute atomic E-state index is 15.1. The lowest BCUT2D eigenvalue weighted by Gasteiger charge is -2.38. The van der Waals surface area contributed by atoms with E-state index in [2.05, 4.69) is 15.6 Å². The summed E-state index contributed by atoms with van der Waals surface area (Å²) in [6.45, 7) is 9.30. The predicted octanol–water partition coefficient (Wildman–Crippen LogP) is 4.63. The SMILES string of the molecule is CC(C)(C)NC(=O)Cn1c(CN2CCNC(C)(C)C2=O)nc2c(C(F)(I)I)cc(C(F)(F)F)cc21. The van der Waals surface area contributed by atoms with Gasteiger partial charge in [-0.3, -0.25) is 9.59 Å². The number of carbonyl (C=O) groups is 2. The number of piperazine rings is 1. The lowest BCUT2D eigenvalue weighted by molar-refractivity contribution is -0.140. The number of hydrogen-bond donors (Lipinski definition) is 2. The molecule has 0 bridgehead atoms. The lowest BCUT2D eigenvalue weighted by Crippen LogP contribution is -2.60. The molecule has 1 aromatic heterocycles. The maximum Gasteiger partial charge on any atom is 0.416 e. The predicted molar refractivity (Wildman–Crippen MR) is 141 cm³/mol. The molecule has 7 nitrogen and oxygen atoms in total. The van der Waals surface area contributed by atoms with Gasteiger partial charge in [-0.15, -0.1) is 0 Å². The van der Waals surface area contributed by atoms with Crippen molar-refractivity contribution in [1.29, 1.82) is 0 Å². The quantitative estimate of drug-likeness (QED) is 0.268. The van der Waals surface area contributed by atoms with Crippen LogP contribution in [0.2, 0.25) is 0 Å². The van der Waals surface area contributed by atoms with Crippen molar-refractivity contribution in [2.45, 2.75) is 66.6 Å². The van der Waals surface area contributed by atoms with Crippen molar-refractivity contribution in [3.05, 3.63) is 29.1 Å². The van der Waals surface area contributed by atoms with Gasteiger partial charge in [-0.05, 0) is 91.9 Å². The van der Waals surface area contributed by atoms with Crippen LogP contribution in [0.3, 0.4) is 0 Å². The zero-order valence-corrected chi connectivity index (χ0v) is 24.2. The van der Waals surface area contributed by atoms with Gasteiger partial charge in [-0.2, -0.15) is 13.2 Å². The van der Waals surface area contributed by atoms with Crippen molar-refractivity contribution in [2.24, 2.45) is 0 Å². The van der Waals surface area contributed by atoms with Gasteiger partial charge in [0.2, 0.25) is 13.5 Å². The van der Waals surface area contributed by atoms with Gasteiger partial charge in [0.05, 0.1) is 28.7 Å². The molecule has 0 aliphatic carbocycles. The Morgan fingerprint density at radius 1 is 1.20 bits per heavy atom. The summed E-state index contributed by atoms with van der Waals surface area (Å²) < 4.78 is 55.4. The number of nitrogens with zero attached hydrogens (tertiary/aromatic N) is 3. The van der Waals surface area contributed by atoms with E-state index in [-0.39, 0.29) is 41.4 Å². The number of aromatic nitrogens is 2. The third kappa shape index (κ3) is 6.56. The molecule has 1 fully saturated rings. The van der Waals surface area contributed by atoms with E-state index in [1.165, 1.54) is 54.6 Å². The summed E-state index contributed by atoms with van der Waals surface area (Å²) in [6.07, 6.45) is -4.73. The Kier molecular flexibility index (Phi) is 7.75. The Morgan fingerprint density at radius 3 is 2.37 bits per heavy atom. The lowest BCUT2D eigenvalue weighted by atomic mass is 10.0. The van der Waals surface area contributed by atoms with Crippen LogP contribution in [0.15, 0.2) is 12.1 Å². The van der Waals surface area contributed by atoms with E-state index < -0.39 is 30.4 Å². The Labute approximate surface area is 228 Å². The Bertz CT molecular complexity index is 1150. The van der Waals surface area contributed by atoms with Gasteiger partial charge in [0, 0.05) is 24.2 Å².